The van der Waals surface area contributed by atoms with Gasteiger partial charge in [0.1, 0.15) is 0 Å². The van der Waals surface area contributed by atoms with E-state index in [9.17, 15) is 0 Å². The van der Waals surface area contributed by atoms with Gasteiger partial charge < -0.3 is 5.73 Å². The molecule has 1 aromatic rings. The van der Waals surface area contributed by atoms with E-state index in [0.29, 0.717) is 0 Å². The SMILES string of the molecule is CCCCCC(C)(CN)N(CC)Cc1ccncc1. The number of unbranched alkanes of at least 4 members (excludes halogenated alkanes) is 2. The molecule has 0 spiro atoms. The molecule has 0 aliphatic carbocycles. The number of likely N-dealkylation sites (N-methyl/N-ethyl adjacent to an activating group) is 1. The number of nitrogens with two attached hydrogens (primary N) is 1. The van der Waals surface area contributed by atoms with Gasteiger partial charge >= 0.3 is 0 Å². The van der Waals surface area contributed by atoms with E-state index >= 15 is 0 Å². The predicted octanol–water partition coefficient (Wildman–Crippen LogP) is 3.20. The molecule has 108 valence electrons. The van der Waals surface area contributed by atoms with Crippen molar-refractivity contribution >= 4 is 0 Å². The van der Waals surface area contributed by atoms with E-state index in [1.807, 2.05) is 12.4 Å². The van der Waals surface area contributed by atoms with Gasteiger partial charge in [-0.15, -0.1) is 0 Å². The maximum Gasteiger partial charge on any atom is 0.0307 e. The molecule has 1 heterocycles. The lowest BCUT2D eigenvalue weighted by Crippen LogP contribution is -2.51. The van der Waals surface area contributed by atoms with Crippen LogP contribution >= 0.6 is 0 Å². The third-order valence-electron chi connectivity index (χ3n) is 4.03. The van der Waals surface area contributed by atoms with Gasteiger partial charge in [0.2, 0.25) is 0 Å². The topological polar surface area (TPSA) is 42.1 Å². The number of rotatable bonds is 9. The highest BCUT2D eigenvalue weighted by Crippen LogP contribution is 2.23. The van der Waals surface area contributed by atoms with Crippen LogP contribution in [0.3, 0.4) is 0 Å². The zero-order chi connectivity index (χ0) is 14.1. The molecule has 3 nitrogen and oxygen atoms in total. The van der Waals surface area contributed by atoms with Crippen molar-refractivity contribution < 1.29 is 0 Å². The number of aromatic nitrogens is 1. The van der Waals surface area contributed by atoms with Crippen molar-refractivity contribution in [2.45, 2.75) is 58.5 Å². The van der Waals surface area contributed by atoms with Gasteiger partial charge in [-0.05, 0) is 37.6 Å². The van der Waals surface area contributed by atoms with Crippen molar-refractivity contribution in [1.29, 1.82) is 0 Å². The molecule has 1 atom stereocenters. The maximum absolute atomic E-state index is 6.07. The smallest absolute Gasteiger partial charge is 0.0307 e. The molecular weight excluding hydrogens is 234 g/mol. The van der Waals surface area contributed by atoms with Crippen LogP contribution < -0.4 is 5.73 Å². The van der Waals surface area contributed by atoms with Crippen LogP contribution in [0.4, 0.5) is 0 Å². The summed E-state index contributed by atoms with van der Waals surface area (Å²) in [6.45, 7) is 9.47. The van der Waals surface area contributed by atoms with E-state index in [2.05, 4.69) is 42.8 Å². The first kappa shape index (κ1) is 16.1. The van der Waals surface area contributed by atoms with Gasteiger partial charge in [-0.1, -0.05) is 33.1 Å². The minimum atomic E-state index is 0.104. The molecule has 0 fully saturated rings. The standard InChI is InChI=1S/C16H29N3/c1-4-6-7-10-16(3,14-17)19(5-2)13-15-8-11-18-12-9-15/h8-9,11-12H,4-7,10,13-14,17H2,1-3H3. The van der Waals surface area contributed by atoms with Crippen molar-refractivity contribution in [3.8, 4) is 0 Å². The van der Waals surface area contributed by atoms with Gasteiger partial charge in [0, 0.05) is 31.0 Å². The summed E-state index contributed by atoms with van der Waals surface area (Å²) < 4.78 is 0. The Morgan fingerprint density at radius 1 is 1.21 bits per heavy atom. The van der Waals surface area contributed by atoms with Crippen LogP contribution in [0.15, 0.2) is 24.5 Å². The molecule has 0 aromatic carbocycles. The highest BCUT2D eigenvalue weighted by molar-refractivity contribution is 5.10. The first-order valence-corrected chi connectivity index (χ1v) is 7.50. The van der Waals surface area contributed by atoms with Gasteiger partial charge in [-0.2, -0.15) is 0 Å². The molecule has 0 saturated heterocycles. The van der Waals surface area contributed by atoms with Gasteiger partial charge in [0.05, 0.1) is 0 Å². The second kappa shape index (κ2) is 8.28. The zero-order valence-corrected chi connectivity index (χ0v) is 12.7. The minimum Gasteiger partial charge on any atom is -0.329 e. The summed E-state index contributed by atoms with van der Waals surface area (Å²) in [6.07, 6.45) is 8.72. The summed E-state index contributed by atoms with van der Waals surface area (Å²) >= 11 is 0. The lowest BCUT2D eigenvalue weighted by atomic mass is 9.91. The molecule has 2 N–H and O–H groups in total. The minimum absolute atomic E-state index is 0.104. The monoisotopic (exact) mass is 263 g/mol. The van der Waals surface area contributed by atoms with Crippen molar-refractivity contribution in [3.05, 3.63) is 30.1 Å². The summed E-state index contributed by atoms with van der Waals surface area (Å²) in [5.41, 5.74) is 7.48. The van der Waals surface area contributed by atoms with Crippen LogP contribution in [0.5, 0.6) is 0 Å². The molecule has 0 saturated carbocycles. The van der Waals surface area contributed by atoms with Crippen LogP contribution in [-0.4, -0.2) is 28.5 Å². The Kier molecular flexibility index (Phi) is 7.03. The number of nitrogens with zero attached hydrogens (tertiary/aromatic N) is 2. The van der Waals surface area contributed by atoms with Crippen molar-refractivity contribution in [2.24, 2.45) is 5.73 Å². The summed E-state index contributed by atoms with van der Waals surface area (Å²) in [5, 5.41) is 0. The normalized spacial score (nSPS) is 14.6. The van der Waals surface area contributed by atoms with E-state index in [1.54, 1.807) is 0 Å². The average Bonchev–Trinajstić information content (AvgIpc) is 2.46. The van der Waals surface area contributed by atoms with E-state index in [4.69, 9.17) is 5.73 Å². The predicted molar refractivity (Wildman–Crippen MR) is 81.9 cm³/mol. The lowest BCUT2D eigenvalue weighted by molar-refractivity contribution is 0.0965. The quantitative estimate of drug-likeness (QED) is 0.696. The molecule has 0 aliphatic heterocycles. The average molecular weight is 263 g/mol. The van der Waals surface area contributed by atoms with Crippen LogP contribution in [0.2, 0.25) is 0 Å². The fourth-order valence-electron chi connectivity index (χ4n) is 2.54. The Balaban J connectivity index is 2.68. The first-order chi connectivity index (χ1) is 9.16. The largest absolute Gasteiger partial charge is 0.329 e. The van der Waals surface area contributed by atoms with Gasteiger partial charge in [-0.3, -0.25) is 9.88 Å². The second-order valence-electron chi connectivity index (χ2n) is 5.53. The Morgan fingerprint density at radius 3 is 2.42 bits per heavy atom. The van der Waals surface area contributed by atoms with Crippen LogP contribution in [0.1, 0.15) is 52.0 Å². The first-order valence-electron chi connectivity index (χ1n) is 7.50. The molecule has 1 rings (SSSR count). The summed E-state index contributed by atoms with van der Waals surface area (Å²) in [5.74, 6) is 0. The fraction of sp³-hybridized carbons (Fsp3) is 0.688. The van der Waals surface area contributed by atoms with E-state index in [1.165, 1.54) is 31.2 Å². The molecule has 0 radical (unpaired) electrons. The molecule has 3 heteroatoms. The van der Waals surface area contributed by atoms with E-state index in [-0.39, 0.29) is 5.54 Å². The van der Waals surface area contributed by atoms with E-state index in [0.717, 1.165) is 19.6 Å². The molecule has 0 aliphatic rings. The van der Waals surface area contributed by atoms with Gasteiger partial charge in [0.25, 0.3) is 0 Å². The fourth-order valence-corrected chi connectivity index (χ4v) is 2.54. The maximum atomic E-state index is 6.07. The number of pyridine rings is 1. The molecule has 1 aromatic heterocycles. The van der Waals surface area contributed by atoms with Crippen molar-refractivity contribution in [1.82, 2.24) is 9.88 Å². The third kappa shape index (κ3) is 4.92. The highest BCUT2D eigenvalue weighted by Gasteiger charge is 2.28. The summed E-state index contributed by atoms with van der Waals surface area (Å²) in [7, 11) is 0. The third-order valence-corrected chi connectivity index (χ3v) is 4.03. The summed E-state index contributed by atoms with van der Waals surface area (Å²) in [4.78, 5) is 6.58. The van der Waals surface area contributed by atoms with Gasteiger partial charge in [-0.25, -0.2) is 0 Å². The molecule has 0 bridgehead atoms. The molecule has 1 unspecified atom stereocenters. The lowest BCUT2D eigenvalue weighted by Gasteiger charge is -2.40. The number of hydrogen-bond acceptors (Lipinski definition) is 3. The van der Waals surface area contributed by atoms with Crippen molar-refractivity contribution in [2.75, 3.05) is 13.1 Å². The van der Waals surface area contributed by atoms with Crippen molar-refractivity contribution in [3.63, 3.8) is 0 Å². The van der Waals surface area contributed by atoms with Crippen LogP contribution in [0.25, 0.3) is 0 Å². The zero-order valence-electron chi connectivity index (χ0n) is 12.7. The van der Waals surface area contributed by atoms with Crippen LogP contribution in [0, 0.1) is 0 Å². The van der Waals surface area contributed by atoms with E-state index < -0.39 is 0 Å². The summed E-state index contributed by atoms with van der Waals surface area (Å²) in [6, 6.07) is 4.18. The molecular formula is C16H29N3. The Morgan fingerprint density at radius 2 is 1.89 bits per heavy atom. The highest BCUT2D eigenvalue weighted by atomic mass is 15.2. The number of hydrogen-bond donors (Lipinski definition) is 1. The second-order valence-corrected chi connectivity index (χ2v) is 5.53. The Bertz CT molecular complexity index is 339. The van der Waals surface area contributed by atoms with Gasteiger partial charge in [0.15, 0.2) is 0 Å². The Hall–Kier alpha value is -0.930. The van der Waals surface area contributed by atoms with Crippen LogP contribution in [-0.2, 0) is 6.54 Å². The molecule has 19 heavy (non-hydrogen) atoms. The Labute approximate surface area is 118 Å². The molecule has 0 amide bonds.